The molecule has 6 heteroatoms. The average Bonchev–Trinajstić information content (AvgIpc) is 3.13. The molecule has 1 aliphatic rings. The lowest BCUT2D eigenvalue weighted by molar-refractivity contribution is -0.139. The highest BCUT2D eigenvalue weighted by atomic mass is 32.2. The Morgan fingerprint density at radius 3 is 2.15 bits per heavy atom. The lowest BCUT2D eigenvalue weighted by atomic mass is 10.0. The normalized spacial score (nSPS) is 15.6. The van der Waals surface area contributed by atoms with Crippen molar-refractivity contribution in [3.8, 4) is 0 Å². The number of nitrogens with one attached hydrogen (secondary N) is 1. The van der Waals surface area contributed by atoms with Crippen LogP contribution in [0.2, 0.25) is 0 Å². The number of carboxylic acids is 1. The van der Waals surface area contributed by atoms with Crippen LogP contribution in [0.15, 0.2) is 42.5 Å². The number of carbonyl (C=O) groups is 2. The number of carbonyl (C=O) groups excluding carboxylic acids is 1. The number of benzene rings is 2. The number of aryl methyl sites for hydroxylation is 2. The minimum atomic E-state index is -1.07. The molecule has 26 heavy (non-hydrogen) atoms. The van der Waals surface area contributed by atoms with Crippen molar-refractivity contribution in [3.05, 3.63) is 70.3 Å². The first-order valence-corrected chi connectivity index (χ1v) is 10.5. The maximum atomic E-state index is 12.6. The Morgan fingerprint density at radius 2 is 1.62 bits per heavy atom. The fourth-order valence-electron chi connectivity index (χ4n) is 3.02. The minimum absolute atomic E-state index is 0.380. The molecule has 0 saturated carbocycles. The summed E-state index contributed by atoms with van der Waals surface area (Å²) in [5, 5.41) is 12.2. The maximum absolute atomic E-state index is 12.6. The molecule has 1 fully saturated rings. The molecule has 1 heterocycles. The Labute approximate surface area is 161 Å². The predicted octanol–water partition coefficient (Wildman–Crippen LogP) is 4.34. The van der Waals surface area contributed by atoms with Crippen molar-refractivity contribution in [2.45, 2.75) is 24.5 Å². The number of carboxylic acid groups (broad SMARTS) is 1. The molecular weight excluding hydrogens is 366 g/mol. The summed E-state index contributed by atoms with van der Waals surface area (Å²) in [7, 11) is 0. The summed E-state index contributed by atoms with van der Waals surface area (Å²) in [5.41, 5.74) is 4.18. The lowest BCUT2D eigenvalue weighted by Gasteiger charge is -2.17. The van der Waals surface area contributed by atoms with Gasteiger partial charge in [-0.25, -0.2) is 4.79 Å². The summed E-state index contributed by atoms with van der Waals surface area (Å²) in [6, 6.07) is 11.9. The second kappa shape index (κ2) is 8.18. The number of aliphatic carboxylic acids is 1. The Balaban J connectivity index is 1.76. The number of hydrogen-bond acceptors (Lipinski definition) is 4. The van der Waals surface area contributed by atoms with Crippen molar-refractivity contribution < 1.29 is 14.7 Å². The van der Waals surface area contributed by atoms with Gasteiger partial charge in [0.1, 0.15) is 0 Å². The van der Waals surface area contributed by atoms with E-state index in [1.165, 1.54) is 5.56 Å². The Bertz CT molecular complexity index is 794. The molecule has 0 radical (unpaired) electrons. The van der Waals surface area contributed by atoms with Crippen molar-refractivity contribution in [3.63, 3.8) is 0 Å². The van der Waals surface area contributed by atoms with E-state index in [4.69, 9.17) is 0 Å². The van der Waals surface area contributed by atoms with Gasteiger partial charge in [0.05, 0.1) is 4.58 Å². The van der Waals surface area contributed by atoms with E-state index < -0.39 is 12.0 Å². The lowest BCUT2D eigenvalue weighted by Crippen LogP contribution is -2.33. The maximum Gasteiger partial charge on any atom is 0.330 e. The minimum Gasteiger partial charge on any atom is -0.479 e. The highest BCUT2D eigenvalue weighted by molar-refractivity contribution is 8.19. The molecule has 1 aliphatic heterocycles. The zero-order chi connectivity index (χ0) is 18.7. The molecule has 1 atom stereocenters. The van der Waals surface area contributed by atoms with E-state index >= 15 is 0 Å². The van der Waals surface area contributed by atoms with E-state index in [1.54, 1.807) is 24.3 Å². The molecule has 1 unspecified atom stereocenters. The summed E-state index contributed by atoms with van der Waals surface area (Å²) in [6.45, 7) is 3.82. The Hall–Kier alpha value is -1.92. The molecule has 1 saturated heterocycles. The van der Waals surface area contributed by atoms with Gasteiger partial charge < -0.3 is 10.4 Å². The number of thioether (sulfide) groups is 2. The first-order chi connectivity index (χ1) is 12.4. The summed E-state index contributed by atoms with van der Waals surface area (Å²) >= 11 is 3.82. The van der Waals surface area contributed by atoms with Gasteiger partial charge in [0.15, 0.2) is 6.04 Å². The van der Waals surface area contributed by atoms with Crippen LogP contribution >= 0.6 is 23.5 Å². The topological polar surface area (TPSA) is 66.4 Å². The van der Waals surface area contributed by atoms with E-state index in [0.29, 0.717) is 15.7 Å². The molecule has 1 amide bonds. The summed E-state index contributed by atoms with van der Waals surface area (Å²) in [4.78, 5) is 24.2. The first kappa shape index (κ1) is 18.9. The van der Waals surface area contributed by atoms with Crippen LogP contribution in [-0.4, -0.2) is 28.5 Å². The first-order valence-electron chi connectivity index (χ1n) is 8.39. The van der Waals surface area contributed by atoms with Crippen LogP contribution in [0.4, 0.5) is 0 Å². The highest BCUT2D eigenvalue weighted by Crippen LogP contribution is 2.45. The van der Waals surface area contributed by atoms with E-state index in [1.807, 2.05) is 55.6 Å². The smallest absolute Gasteiger partial charge is 0.330 e. The number of hydrogen-bond donors (Lipinski definition) is 2. The monoisotopic (exact) mass is 387 g/mol. The Morgan fingerprint density at radius 1 is 1.04 bits per heavy atom. The molecule has 0 aromatic heterocycles. The van der Waals surface area contributed by atoms with Crippen LogP contribution < -0.4 is 5.32 Å². The van der Waals surface area contributed by atoms with Crippen LogP contribution in [0, 0.1) is 13.8 Å². The second-order valence-corrected chi connectivity index (χ2v) is 9.09. The average molecular weight is 388 g/mol. The molecule has 4 nitrogen and oxygen atoms in total. The number of rotatable bonds is 5. The van der Waals surface area contributed by atoms with Crippen molar-refractivity contribution in [2.75, 3.05) is 11.5 Å². The summed E-state index contributed by atoms with van der Waals surface area (Å²) in [6.07, 6.45) is 0. The third-order valence-corrected chi connectivity index (χ3v) is 7.27. The molecule has 2 N–H and O–H groups in total. The van der Waals surface area contributed by atoms with Gasteiger partial charge in [-0.15, -0.1) is 23.5 Å². The quantitative estimate of drug-likeness (QED) is 0.799. The van der Waals surface area contributed by atoms with Gasteiger partial charge in [0.2, 0.25) is 0 Å². The number of amides is 1. The predicted molar refractivity (Wildman–Crippen MR) is 108 cm³/mol. The standard InChI is InChI=1S/C20H21NO3S2/c1-12-9-13(2)11-16(10-12)17(19(23)24)21-18(22)14-3-5-15(6-4-14)20-25-7-8-26-20/h3-6,9-11,17,20H,7-8H2,1-2H3,(H,21,22)(H,23,24). The van der Waals surface area contributed by atoms with Gasteiger partial charge in [-0.2, -0.15) is 0 Å². The fraction of sp³-hybridized carbons (Fsp3) is 0.300. The third kappa shape index (κ3) is 4.43. The molecule has 0 aliphatic carbocycles. The van der Waals surface area contributed by atoms with Crippen LogP contribution in [0.25, 0.3) is 0 Å². The van der Waals surface area contributed by atoms with Gasteiger partial charge in [0.25, 0.3) is 5.91 Å². The van der Waals surface area contributed by atoms with Crippen LogP contribution in [0.3, 0.4) is 0 Å². The zero-order valence-electron chi connectivity index (χ0n) is 14.7. The molecule has 2 aromatic carbocycles. The fourth-order valence-corrected chi connectivity index (χ4v) is 5.88. The van der Waals surface area contributed by atoms with Gasteiger partial charge in [-0.1, -0.05) is 41.5 Å². The molecule has 0 spiro atoms. The van der Waals surface area contributed by atoms with Gasteiger partial charge >= 0.3 is 5.97 Å². The van der Waals surface area contributed by atoms with E-state index in [9.17, 15) is 14.7 Å². The molecular formula is C20H21NO3S2. The van der Waals surface area contributed by atoms with Crippen molar-refractivity contribution in [1.29, 1.82) is 0 Å². The van der Waals surface area contributed by atoms with E-state index in [2.05, 4.69) is 5.32 Å². The highest BCUT2D eigenvalue weighted by Gasteiger charge is 2.24. The van der Waals surface area contributed by atoms with E-state index in [0.717, 1.165) is 22.6 Å². The third-order valence-electron chi connectivity index (χ3n) is 4.17. The van der Waals surface area contributed by atoms with Gasteiger partial charge in [-0.3, -0.25) is 4.79 Å². The summed E-state index contributed by atoms with van der Waals surface area (Å²) < 4.78 is 0.425. The largest absolute Gasteiger partial charge is 0.479 e. The van der Waals surface area contributed by atoms with Gasteiger partial charge in [-0.05, 0) is 37.1 Å². The van der Waals surface area contributed by atoms with Crippen LogP contribution in [-0.2, 0) is 4.79 Å². The van der Waals surface area contributed by atoms with E-state index in [-0.39, 0.29) is 5.91 Å². The van der Waals surface area contributed by atoms with Crippen molar-refractivity contribution in [1.82, 2.24) is 5.32 Å². The molecule has 0 bridgehead atoms. The van der Waals surface area contributed by atoms with Gasteiger partial charge in [0, 0.05) is 17.1 Å². The SMILES string of the molecule is Cc1cc(C)cc(C(NC(=O)c2ccc(C3SCCS3)cc2)C(=O)O)c1. The molecule has 2 aromatic rings. The van der Waals surface area contributed by atoms with Crippen molar-refractivity contribution >= 4 is 35.4 Å². The second-order valence-electron chi connectivity index (χ2n) is 6.36. The zero-order valence-corrected chi connectivity index (χ0v) is 16.3. The van der Waals surface area contributed by atoms with Crippen LogP contribution in [0.5, 0.6) is 0 Å². The molecule has 3 rings (SSSR count). The molecule has 136 valence electrons. The Kier molecular flexibility index (Phi) is 5.94. The van der Waals surface area contributed by atoms with Crippen LogP contribution in [0.1, 0.15) is 43.2 Å². The summed E-state index contributed by atoms with van der Waals surface area (Å²) in [5.74, 6) is 0.843. The van der Waals surface area contributed by atoms with Crippen molar-refractivity contribution in [2.24, 2.45) is 0 Å².